The quantitative estimate of drug-likeness (QED) is 0.852. The number of nitrogens with zero attached hydrogens (tertiary/aromatic N) is 3. The van der Waals surface area contributed by atoms with Crippen molar-refractivity contribution in [2.45, 2.75) is 19.8 Å². The Bertz CT molecular complexity index is 821. The third kappa shape index (κ3) is 4.08. The van der Waals surface area contributed by atoms with Crippen LogP contribution in [0.25, 0.3) is 5.69 Å². The van der Waals surface area contributed by atoms with E-state index in [1.165, 1.54) is 10.7 Å². The van der Waals surface area contributed by atoms with Crippen molar-refractivity contribution < 1.29 is 19.1 Å². The second kappa shape index (κ2) is 7.65. The van der Waals surface area contributed by atoms with Gasteiger partial charge in [0.2, 0.25) is 5.91 Å². The Morgan fingerprint density at radius 2 is 2.15 bits per heavy atom. The number of carboxylic acid groups (broad SMARTS) is 1. The zero-order chi connectivity index (χ0) is 18.7. The number of nitrogens with one attached hydrogen (secondary N) is 1. The molecular formula is C18H21FN4O3. The Hall–Kier alpha value is -2.74. The monoisotopic (exact) mass is 360 g/mol. The van der Waals surface area contributed by atoms with Crippen LogP contribution in [0.15, 0.2) is 30.3 Å². The molecule has 0 aliphatic carbocycles. The molecule has 7 nitrogen and oxygen atoms in total. The molecule has 0 saturated carbocycles. The molecule has 0 bridgehead atoms. The first kappa shape index (κ1) is 18.1. The average Bonchev–Trinajstić information content (AvgIpc) is 2.95. The molecule has 26 heavy (non-hydrogen) atoms. The molecule has 1 fully saturated rings. The van der Waals surface area contributed by atoms with Crippen molar-refractivity contribution in [3.8, 4) is 5.69 Å². The van der Waals surface area contributed by atoms with E-state index in [4.69, 9.17) is 5.11 Å². The summed E-state index contributed by atoms with van der Waals surface area (Å²) in [6, 6.07) is 7.86. The molecular weight excluding hydrogens is 339 g/mol. The van der Waals surface area contributed by atoms with Gasteiger partial charge in [-0.05, 0) is 38.4 Å². The maximum absolute atomic E-state index is 14.1. The molecule has 1 unspecified atom stereocenters. The van der Waals surface area contributed by atoms with Gasteiger partial charge in [-0.3, -0.25) is 14.5 Å². The van der Waals surface area contributed by atoms with Gasteiger partial charge in [0.25, 0.3) is 0 Å². The Kier molecular flexibility index (Phi) is 5.32. The second-order valence-corrected chi connectivity index (χ2v) is 6.49. The summed E-state index contributed by atoms with van der Waals surface area (Å²) in [5.74, 6) is -1.62. The number of rotatable bonds is 5. The number of likely N-dealkylation sites (tertiary alicyclic amines) is 1. The van der Waals surface area contributed by atoms with E-state index >= 15 is 0 Å². The van der Waals surface area contributed by atoms with Crippen molar-refractivity contribution in [2.24, 2.45) is 5.92 Å². The van der Waals surface area contributed by atoms with Crippen LogP contribution in [0.4, 0.5) is 10.2 Å². The van der Waals surface area contributed by atoms with Crippen LogP contribution in [0.1, 0.15) is 18.5 Å². The number of anilines is 1. The van der Waals surface area contributed by atoms with Crippen LogP contribution >= 0.6 is 0 Å². The molecule has 1 saturated heterocycles. The molecule has 1 aromatic carbocycles. The lowest BCUT2D eigenvalue weighted by atomic mass is 9.98. The number of hydrogen-bond acceptors (Lipinski definition) is 4. The Labute approximate surface area is 150 Å². The fourth-order valence-corrected chi connectivity index (χ4v) is 3.18. The largest absolute Gasteiger partial charge is 0.481 e. The Balaban J connectivity index is 1.70. The SMILES string of the molecule is Cc1cc(NC(=O)CN2CCCC(C(=O)O)C2)n(-c2ccccc2F)n1. The van der Waals surface area contributed by atoms with Gasteiger partial charge in [-0.25, -0.2) is 9.07 Å². The number of para-hydroxylation sites is 1. The number of carbonyl (C=O) groups is 2. The van der Waals surface area contributed by atoms with Crippen molar-refractivity contribution in [3.05, 3.63) is 41.8 Å². The highest BCUT2D eigenvalue weighted by Gasteiger charge is 2.26. The number of aryl methyl sites for hydroxylation is 1. The van der Waals surface area contributed by atoms with Gasteiger partial charge in [-0.2, -0.15) is 5.10 Å². The lowest BCUT2D eigenvalue weighted by Crippen LogP contribution is -2.42. The van der Waals surface area contributed by atoms with Crippen LogP contribution in [-0.2, 0) is 9.59 Å². The molecule has 1 amide bonds. The van der Waals surface area contributed by atoms with Crippen LogP contribution < -0.4 is 5.32 Å². The fraction of sp³-hybridized carbons (Fsp3) is 0.389. The van der Waals surface area contributed by atoms with Gasteiger partial charge in [-0.1, -0.05) is 12.1 Å². The molecule has 2 heterocycles. The summed E-state index contributed by atoms with van der Waals surface area (Å²) in [5.41, 5.74) is 0.896. The summed E-state index contributed by atoms with van der Waals surface area (Å²) in [4.78, 5) is 25.4. The maximum Gasteiger partial charge on any atom is 0.307 e. The normalized spacial score (nSPS) is 17.8. The number of carboxylic acids is 1. The number of piperidine rings is 1. The van der Waals surface area contributed by atoms with Gasteiger partial charge in [0.05, 0.1) is 18.2 Å². The smallest absolute Gasteiger partial charge is 0.307 e. The zero-order valence-corrected chi connectivity index (χ0v) is 14.5. The van der Waals surface area contributed by atoms with Crippen LogP contribution in [0.3, 0.4) is 0 Å². The third-order valence-electron chi connectivity index (χ3n) is 4.40. The van der Waals surface area contributed by atoms with Gasteiger partial charge in [0, 0.05) is 12.6 Å². The topological polar surface area (TPSA) is 87.5 Å². The number of amides is 1. The number of aliphatic carboxylic acids is 1. The van der Waals surface area contributed by atoms with E-state index < -0.39 is 17.7 Å². The first-order valence-electron chi connectivity index (χ1n) is 8.50. The highest BCUT2D eigenvalue weighted by atomic mass is 19.1. The molecule has 2 aromatic rings. The average molecular weight is 360 g/mol. The number of halogens is 1. The molecule has 0 spiro atoms. The summed E-state index contributed by atoms with van der Waals surface area (Å²) >= 11 is 0. The summed E-state index contributed by atoms with van der Waals surface area (Å²) in [6.45, 7) is 2.89. The Morgan fingerprint density at radius 1 is 1.38 bits per heavy atom. The molecule has 3 rings (SSSR count). The van der Waals surface area contributed by atoms with Gasteiger partial charge in [0.15, 0.2) is 0 Å². The summed E-state index contributed by atoms with van der Waals surface area (Å²) in [6.07, 6.45) is 1.38. The van der Waals surface area contributed by atoms with E-state index in [1.807, 2.05) is 4.90 Å². The van der Waals surface area contributed by atoms with E-state index in [2.05, 4.69) is 10.4 Å². The number of benzene rings is 1. The number of aromatic nitrogens is 2. The third-order valence-corrected chi connectivity index (χ3v) is 4.40. The minimum atomic E-state index is -0.830. The Morgan fingerprint density at radius 3 is 2.88 bits per heavy atom. The number of carbonyl (C=O) groups excluding carboxylic acids is 1. The summed E-state index contributed by atoms with van der Waals surface area (Å²) in [7, 11) is 0. The molecule has 1 aliphatic rings. The fourth-order valence-electron chi connectivity index (χ4n) is 3.18. The van der Waals surface area contributed by atoms with E-state index in [0.29, 0.717) is 31.0 Å². The van der Waals surface area contributed by atoms with E-state index in [9.17, 15) is 14.0 Å². The highest BCUT2D eigenvalue weighted by molar-refractivity contribution is 5.91. The van der Waals surface area contributed by atoms with E-state index in [0.717, 1.165) is 6.42 Å². The van der Waals surface area contributed by atoms with Crippen LogP contribution in [-0.4, -0.2) is 51.3 Å². The highest BCUT2D eigenvalue weighted by Crippen LogP contribution is 2.20. The second-order valence-electron chi connectivity index (χ2n) is 6.49. The standard InChI is InChI=1S/C18H21FN4O3/c1-12-9-16(23(21-12)15-7-3-2-6-14(15)19)20-17(24)11-22-8-4-5-13(10-22)18(25)26/h2-3,6-7,9,13H,4-5,8,10-11H2,1H3,(H,20,24)(H,25,26). The van der Waals surface area contributed by atoms with Gasteiger partial charge in [0.1, 0.15) is 17.3 Å². The van der Waals surface area contributed by atoms with Crippen molar-refractivity contribution in [3.63, 3.8) is 0 Å². The van der Waals surface area contributed by atoms with Gasteiger partial charge < -0.3 is 10.4 Å². The van der Waals surface area contributed by atoms with Gasteiger partial charge >= 0.3 is 5.97 Å². The first-order valence-corrected chi connectivity index (χ1v) is 8.50. The molecule has 8 heteroatoms. The van der Waals surface area contributed by atoms with Crippen LogP contribution in [0.2, 0.25) is 0 Å². The molecule has 1 atom stereocenters. The lowest BCUT2D eigenvalue weighted by Gasteiger charge is -2.29. The minimum absolute atomic E-state index is 0.0886. The maximum atomic E-state index is 14.1. The van der Waals surface area contributed by atoms with Crippen molar-refractivity contribution in [2.75, 3.05) is 25.0 Å². The predicted octanol–water partition coefficient (Wildman–Crippen LogP) is 2.05. The van der Waals surface area contributed by atoms with E-state index in [-0.39, 0.29) is 18.1 Å². The predicted molar refractivity (Wildman–Crippen MR) is 93.7 cm³/mol. The zero-order valence-electron chi connectivity index (χ0n) is 14.5. The summed E-state index contributed by atoms with van der Waals surface area (Å²) in [5, 5.41) is 16.1. The van der Waals surface area contributed by atoms with Crippen molar-refractivity contribution >= 4 is 17.7 Å². The first-order chi connectivity index (χ1) is 12.4. The van der Waals surface area contributed by atoms with Crippen molar-refractivity contribution in [1.29, 1.82) is 0 Å². The lowest BCUT2D eigenvalue weighted by molar-refractivity contribution is -0.144. The molecule has 1 aromatic heterocycles. The van der Waals surface area contributed by atoms with E-state index in [1.54, 1.807) is 31.2 Å². The molecule has 1 aliphatic heterocycles. The van der Waals surface area contributed by atoms with Gasteiger partial charge in [-0.15, -0.1) is 0 Å². The van der Waals surface area contributed by atoms with Crippen LogP contribution in [0.5, 0.6) is 0 Å². The number of hydrogen-bond donors (Lipinski definition) is 2. The molecule has 0 radical (unpaired) electrons. The molecule has 2 N–H and O–H groups in total. The molecule has 138 valence electrons. The van der Waals surface area contributed by atoms with Crippen molar-refractivity contribution in [1.82, 2.24) is 14.7 Å². The van der Waals surface area contributed by atoms with Crippen LogP contribution in [0, 0.1) is 18.7 Å². The summed E-state index contributed by atoms with van der Waals surface area (Å²) < 4.78 is 15.4. The minimum Gasteiger partial charge on any atom is -0.481 e.